The van der Waals surface area contributed by atoms with E-state index in [2.05, 4.69) is 5.04 Å². The molecule has 0 aliphatic rings. The van der Waals surface area contributed by atoms with Gasteiger partial charge in [0, 0.05) is 52.7 Å². The SMILES string of the molecule is OOO.[La].[Mn]. The van der Waals surface area contributed by atoms with Crippen molar-refractivity contribution in [3.8, 4) is 0 Å². The van der Waals surface area contributed by atoms with E-state index in [0.717, 1.165) is 0 Å². The van der Waals surface area contributed by atoms with Gasteiger partial charge >= 0.3 is 0 Å². The summed E-state index contributed by atoms with van der Waals surface area (Å²) in [6, 6.07) is 0. The molecule has 0 unspecified atom stereocenters. The van der Waals surface area contributed by atoms with Crippen LogP contribution in [0.25, 0.3) is 0 Å². The van der Waals surface area contributed by atoms with Gasteiger partial charge in [-0.3, -0.25) is 0 Å². The minimum absolute atomic E-state index is 0. The van der Waals surface area contributed by atoms with Crippen LogP contribution in [0.3, 0.4) is 0 Å². The molecular formula is H2LaMnO3. The fourth-order valence-corrected chi connectivity index (χ4v) is 0. The first kappa shape index (κ1) is 16.0. The predicted molar refractivity (Wildman–Crippen MR) is 6.34 cm³/mol. The third-order valence-electron chi connectivity index (χ3n) is 0. The molecule has 0 aliphatic heterocycles. The van der Waals surface area contributed by atoms with Crippen molar-refractivity contribution in [2.24, 2.45) is 0 Å². The molecule has 0 bridgehead atoms. The largest absolute Gasteiger partial charge is 0.221 e. The van der Waals surface area contributed by atoms with E-state index in [1.54, 1.807) is 0 Å². The normalized spacial score (nSPS) is 3.60. The molecule has 0 heterocycles. The van der Waals surface area contributed by atoms with Gasteiger partial charge in [-0.1, -0.05) is 5.04 Å². The molecule has 0 aromatic carbocycles. The number of rotatable bonds is 0. The molecular weight excluding hydrogens is 242 g/mol. The second-order valence-electron chi connectivity index (χ2n) is 0.0816. The first-order valence-corrected chi connectivity index (χ1v) is 0.365. The van der Waals surface area contributed by atoms with Crippen LogP contribution in [-0.4, -0.2) is 10.5 Å². The van der Waals surface area contributed by atoms with Crippen molar-refractivity contribution in [3.05, 3.63) is 0 Å². The van der Waals surface area contributed by atoms with Crippen molar-refractivity contribution in [1.29, 1.82) is 0 Å². The summed E-state index contributed by atoms with van der Waals surface area (Å²) in [7, 11) is 0. The van der Waals surface area contributed by atoms with Crippen LogP contribution in [0.2, 0.25) is 0 Å². The minimum Gasteiger partial charge on any atom is -0.221 e. The third kappa shape index (κ3) is 28.4. The Kier molecular flexibility index (Phi) is 56.1. The van der Waals surface area contributed by atoms with Crippen LogP contribution in [0.1, 0.15) is 0 Å². The minimum atomic E-state index is 0. The molecule has 0 saturated carbocycles. The van der Waals surface area contributed by atoms with Crippen molar-refractivity contribution in [3.63, 3.8) is 0 Å². The Morgan fingerprint density at radius 3 is 1.20 bits per heavy atom. The Bertz CT molecular complexity index is 6.85. The smallest absolute Gasteiger partial charge is 0 e. The fourth-order valence-electron chi connectivity index (χ4n) is 0. The second-order valence-corrected chi connectivity index (χ2v) is 0.0816. The summed E-state index contributed by atoms with van der Waals surface area (Å²) >= 11 is 0. The van der Waals surface area contributed by atoms with Crippen LogP contribution in [-0.2, 0) is 22.1 Å². The fraction of sp³-hybridized carbons (Fsp3) is 0. The summed E-state index contributed by atoms with van der Waals surface area (Å²) < 4.78 is 0. The molecule has 0 aliphatic carbocycles. The zero-order valence-electron chi connectivity index (χ0n) is 2.26. The first-order valence-electron chi connectivity index (χ1n) is 0.365. The summed E-state index contributed by atoms with van der Waals surface area (Å²) in [5.41, 5.74) is 0. The molecule has 3 nitrogen and oxygen atoms in total. The average Bonchev–Trinajstić information content (AvgIpc) is 0.918. The quantitative estimate of drug-likeness (QED) is 0.356. The van der Waals surface area contributed by atoms with Gasteiger partial charge < -0.3 is 0 Å². The molecule has 0 fully saturated rings. The van der Waals surface area contributed by atoms with E-state index in [4.69, 9.17) is 10.5 Å². The standard InChI is InChI=1S/La.Mn.H2O3/c;;1-3-2/h;;1-2H. The number of hydrogen-bond donors (Lipinski definition) is 2. The van der Waals surface area contributed by atoms with Gasteiger partial charge in [0.15, 0.2) is 0 Å². The summed E-state index contributed by atoms with van der Waals surface area (Å²) in [5, 5.41) is 15.5. The van der Waals surface area contributed by atoms with Crippen LogP contribution >= 0.6 is 0 Å². The van der Waals surface area contributed by atoms with E-state index in [1.807, 2.05) is 0 Å². The summed E-state index contributed by atoms with van der Waals surface area (Å²) in [5.74, 6) is 0. The van der Waals surface area contributed by atoms with Crippen LogP contribution in [0.5, 0.6) is 0 Å². The zero-order chi connectivity index (χ0) is 2.71. The van der Waals surface area contributed by atoms with E-state index in [1.165, 1.54) is 0 Å². The Balaban J connectivity index is -0.0000000200. The molecule has 5 heavy (non-hydrogen) atoms. The molecule has 0 atom stereocenters. The van der Waals surface area contributed by atoms with E-state index in [0.29, 0.717) is 0 Å². The van der Waals surface area contributed by atoms with E-state index < -0.39 is 0 Å². The van der Waals surface area contributed by atoms with Crippen LogP contribution in [0, 0.1) is 35.6 Å². The molecule has 0 spiro atoms. The molecule has 30 valence electrons. The van der Waals surface area contributed by atoms with Crippen LogP contribution in [0.15, 0.2) is 0 Å². The molecule has 0 aromatic rings. The molecule has 0 saturated heterocycles. The molecule has 2 radical (unpaired) electrons. The van der Waals surface area contributed by atoms with Gasteiger partial charge in [-0.15, -0.1) is 0 Å². The Morgan fingerprint density at radius 2 is 1.20 bits per heavy atom. The monoisotopic (exact) mass is 244 g/mol. The summed E-state index contributed by atoms with van der Waals surface area (Å²) in [6.45, 7) is 0. The zero-order valence-corrected chi connectivity index (χ0v) is 7.06. The first-order chi connectivity index (χ1) is 1.41. The van der Waals surface area contributed by atoms with Crippen LogP contribution < -0.4 is 0 Å². The van der Waals surface area contributed by atoms with Gasteiger partial charge in [0.05, 0.1) is 0 Å². The topological polar surface area (TPSA) is 49.7 Å². The van der Waals surface area contributed by atoms with Crippen molar-refractivity contribution in [1.82, 2.24) is 0 Å². The van der Waals surface area contributed by atoms with E-state index in [-0.39, 0.29) is 52.7 Å². The van der Waals surface area contributed by atoms with Crippen molar-refractivity contribution in [2.45, 2.75) is 0 Å². The molecule has 0 aromatic heterocycles. The Labute approximate surface area is 67.6 Å². The predicted octanol–water partition coefficient (Wildman–Crippen LogP) is -0.0535. The van der Waals surface area contributed by atoms with Gasteiger partial charge in [0.2, 0.25) is 0 Å². The van der Waals surface area contributed by atoms with Crippen molar-refractivity contribution >= 4 is 0 Å². The van der Waals surface area contributed by atoms with Gasteiger partial charge in [0.25, 0.3) is 0 Å². The maximum Gasteiger partial charge on any atom is 0 e. The second kappa shape index (κ2) is 17.5. The Morgan fingerprint density at radius 1 is 1.20 bits per heavy atom. The molecule has 0 rings (SSSR count). The third-order valence-corrected chi connectivity index (χ3v) is 0. The average molecular weight is 244 g/mol. The van der Waals surface area contributed by atoms with Gasteiger partial charge in [-0.2, -0.15) is 0 Å². The molecule has 0 amide bonds. The summed E-state index contributed by atoms with van der Waals surface area (Å²) in [4.78, 5) is 0. The maximum absolute atomic E-state index is 6.62. The van der Waals surface area contributed by atoms with E-state index in [9.17, 15) is 0 Å². The summed E-state index contributed by atoms with van der Waals surface area (Å²) in [6.07, 6.45) is 0. The number of hydrogen-bond acceptors (Lipinski definition) is 3. The maximum atomic E-state index is 6.62. The Hall–Kier alpha value is 1.59. The van der Waals surface area contributed by atoms with Gasteiger partial charge in [-0.05, 0) is 0 Å². The van der Waals surface area contributed by atoms with Gasteiger partial charge in [-0.25, -0.2) is 10.5 Å². The van der Waals surface area contributed by atoms with Crippen LogP contribution in [0.4, 0.5) is 0 Å². The van der Waals surface area contributed by atoms with Crippen molar-refractivity contribution in [2.75, 3.05) is 0 Å². The molecule has 2 N–H and O–H groups in total. The van der Waals surface area contributed by atoms with Gasteiger partial charge in [0.1, 0.15) is 0 Å². The molecule has 5 heteroatoms. The van der Waals surface area contributed by atoms with E-state index >= 15 is 0 Å². The van der Waals surface area contributed by atoms with Crippen molar-refractivity contribution < 1.29 is 68.2 Å².